The number of anilines is 1. The van der Waals surface area contributed by atoms with Crippen LogP contribution in [0.2, 0.25) is 0 Å². The third kappa shape index (κ3) is 1.59. The Hall–Kier alpha value is -1.83. The number of nitrogens with two attached hydrogens (primary N) is 1. The molecule has 2 aromatic rings. The standard InChI is InChI=1S/C12H11N2/c1-9-4-6-10(7-5-9)11-3-2-8-14-12(11)13/h2-8H,1H2,(H2,13,14). The average Bonchev–Trinajstić information content (AvgIpc) is 2.20. The summed E-state index contributed by atoms with van der Waals surface area (Å²) in [5.74, 6) is 0.560. The summed E-state index contributed by atoms with van der Waals surface area (Å²) in [5, 5.41) is 0. The molecule has 1 radical (unpaired) electrons. The van der Waals surface area contributed by atoms with Gasteiger partial charge in [-0.05, 0) is 30.2 Å². The first-order valence-corrected chi connectivity index (χ1v) is 4.40. The van der Waals surface area contributed by atoms with E-state index in [9.17, 15) is 0 Å². The molecule has 0 fully saturated rings. The number of nitrogen functional groups attached to an aromatic ring is 1. The van der Waals surface area contributed by atoms with E-state index in [1.165, 1.54) is 0 Å². The maximum atomic E-state index is 5.76. The highest BCUT2D eigenvalue weighted by Gasteiger charge is 2.01. The Balaban J connectivity index is 2.50. The largest absolute Gasteiger partial charge is 0.383 e. The van der Waals surface area contributed by atoms with E-state index in [0.29, 0.717) is 5.82 Å². The van der Waals surface area contributed by atoms with Crippen LogP contribution in [0.5, 0.6) is 0 Å². The summed E-state index contributed by atoms with van der Waals surface area (Å²) in [7, 11) is 0. The van der Waals surface area contributed by atoms with Gasteiger partial charge < -0.3 is 5.73 Å². The van der Waals surface area contributed by atoms with E-state index in [4.69, 9.17) is 5.73 Å². The lowest BCUT2D eigenvalue weighted by Crippen LogP contribution is -1.92. The van der Waals surface area contributed by atoms with Crippen molar-refractivity contribution in [3.8, 4) is 11.1 Å². The molecule has 0 atom stereocenters. The van der Waals surface area contributed by atoms with Gasteiger partial charge in [-0.3, -0.25) is 0 Å². The second-order valence-corrected chi connectivity index (χ2v) is 3.13. The summed E-state index contributed by atoms with van der Waals surface area (Å²) in [4.78, 5) is 4.04. The molecule has 0 unspecified atom stereocenters. The Morgan fingerprint density at radius 3 is 2.43 bits per heavy atom. The van der Waals surface area contributed by atoms with E-state index in [2.05, 4.69) is 11.9 Å². The van der Waals surface area contributed by atoms with Gasteiger partial charge in [-0.25, -0.2) is 4.98 Å². The van der Waals surface area contributed by atoms with E-state index in [1.54, 1.807) is 6.20 Å². The fraction of sp³-hybridized carbons (Fsp3) is 0. The van der Waals surface area contributed by atoms with Gasteiger partial charge in [0.15, 0.2) is 0 Å². The zero-order valence-electron chi connectivity index (χ0n) is 7.77. The minimum absolute atomic E-state index is 0.560. The van der Waals surface area contributed by atoms with Crippen molar-refractivity contribution in [1.82, 2.24) is 4.98 Å². The fourth-order valence-electron chi connectivity index (χ4n) is 1.35. The van der Waals surface area contributed by atoms with Crippen LogP contribution in [-0.4, -0.2) is 4.98 Å². The van der Waals surface area contributed by atoms with Crippen molar-refractivity contribution in [1.29, 1.82) is 0 Å². The van der Waals surface area contributed by atoms with Crippen LogP contribution in [0.25, 0.3) is 11.1 Å². The van der Waals surface area contributed by atoms with Gasteiger partial charge in [0.25, 0.3) is 0 Å². The number of hydrogen-bond donors (Lipinski definition) is 1. The molecule has 1 heterocycles. The second-order valence-electron chi connectivity index (χ2n) is 3.13. The lowest BCUT2D eigenvalue weighted by Gasteiger charge is -2.04. The molecular formula is C12H11N2. The van der Waals surface area contributed by atoms with Gasteiger partial charge in [-0.15, -0.1) is 0 Å². The normalized spacial score (nSPS) is 10.1. The summed E-state index contributed by atoms with van der Waals surface area (Å²) in [6, 6.07) is 11.7. The van der Waals surface area contributed by atoms with Crippen LogP contribution in [0.15, 0.2) is 42.6 Å². The molecule has 69 valence electrons. The van der Waals surface area contributed by atoms with Crippen LogP contribution in [-0.2, 0) is 0 Å². The van der Waals surface area contributed by atoms with Crippen LogP contribution >= 0.6 is 0 Å². The molecule has 0 spiro atoms. The van der Waals surface area contributed by atoms with Crippen LogP contribution in [0.4, 0.5) is 5.82 Å². The van der Waals surface area contributed by atoms with Crippen LogP contribution in [0.3, 0.4) is 0 Å². The molecule has 0 aliphatic rings. The first kappa shape index (κ1) is 8.75. The smallest absolute Gasteiger partial charge is 0.131 e. The van der Waals surface area contributed by atoms with Gasteiger partial charge in [0, 0.05) is 11.8 Å². The Labute approximate surface area is 83.4 Å². The van der Waals surface area contributed by atoms with Gasteiger partial charge in [0.2, 0.25) is 0 Å². The van der Waals surface area contributed by atoms with Crippen molar-refractivity contribution in [3.05, 3.63) is 55.1 Å². The average molecular weight is 183 g/mol. The van der Waals surface area contributed by atoms with Gasteiger partial charge in [0.05, 0.1) is 0 Å². The minimum Gasteiger partial charge on any atom is -0.383 e. The summed E-state index contributed by atoms with van der Waals surface area (Å²) >= 11 is 0. The predicted molar refractivity (Wildman–Crippen MR) is 58.5 cm³/mol. The van der Waals surface area contributed by atoms with Crippen molar-refractivity contribution in [3.63, 3.8) is 0 Å². The monoisotopic (exact) mass is 183 g/mol. The van der Waals surface area contributed by atoms with Crippen molar-refractivity contribution < 1.29 is 0 Å². The number of hydrogen-bond acceptors (Lipinski definition) is 2. The van der Waals surface area contributed by atoms with E-state index in [1.807, 2.05) is 36.4 Å². The van der Waals surface area contributed by atoms with Gasteiger partial charge in [-0.2, -0.15) is 0 Å². The van der Waals surface area contributed by atoms with Crippen molar-refractivity contribution in [2.75, 3.05) is 5.73 Å². The van der Waals surface area contributed by atoms with Crippen molar-refractivity contribution in [2.45, 2.75) is 0 Å². The molecule has 1 aromatic carbocycles. The number of pyridine rings is 1. The Morgan fingerprint density at radius 2 is 1.79 bits per heavy atom. The Kier molecular flexibility index (Phi) is 2.19. The van der Waals surface area contributed by atoms with Gasteiger partial charge in [0.1, 0.15) is 5.82 Å². The zero-order chi connectivity index (χ0) is 9.97. The molecule has 1 aromatic heterocycles. The summed E-state index contributed by atoms with van der Waals surface area (Å²) in [6.45, 7) is 3.83. The summed E-state index contributed by atoms with van der Waals surface area (Å²) in [6.07, 6.45) is 1.69. The Bertz CT molecular complexity index is 432. The molecule has 2 nitrogen and oxygen atoms in total. The first-order valence-electron chi connectivity index (χ1n) is 4.40. The molecule has 2 rings (SSSR count). The molecule has 2 heteroatoms. The molecule has 0 aliphatic carbocycles. The maximum Gasteiger partial charge on any atom is 0.131 e. The summed E-state index contributed by atoms with van der Waals surface area (Å²) in [5.41, 5.74) is 8.80. The highest BCUT2D eigenvalue weighted by atomic mass is 14.8. The maximum absolute atomic E-state index is 5.76. The number of aromatic nitrogens is 1. The first-order chi connectivity index (χ1) is 6.77. The predicted octanol–water partition coefficient (Wildman–Crippen LogP) is 2.51. The third-order valence-corrected chi connectivity index (χ3v) is 2.10. The van der Waals surface area contributed by atoms with E-state index >= 15 is 0 Å². The van der Waals surface area contributed by atoms with Crippen LogP contribution in [0, 0.1) is 6.92 Å². The zero-order valence-corrected chi connectivity index (χ0v) is 7.77. The van der Waals surface area contributed by atoms with E-state index in [0.717, 1.165) is 16.7 Å². The van der Waals surface area contributed by atoms with Gasteiger partial charge >= 0.3 is 0 Å². The minimum atomic E-state index is 0.560. The molecular weight excluding hydrogens is 172 g/mol. The lowest BCUT2D eigenvalue weighted by molar-refractivity contribution is 1.34. The fourth-order valence-corrected chi connectivity index (χ4v) is 1.35. The third-order valence-electron chi connectivity index (χ3n) is 2.10. The molecule has 0 bridgehead atoms. The highest BCUT2D eigenvalue weighted by Crippen LogP contribution is 2.23. The quantitative estimate of drug-likeness (QED) is 0.737. The number of rotatable bonds is 1. The molecule has 14 heavy (non-hydrogen) atoms. The van der Waals surface area contributed by atoms with Crippen LogP contribution < -0.4 is 5.73 Å². The van der Waals surface area contributed by atoms with Crippen molar-refractivity contribution in [2.24, 2.45) is 0 Å². The number of benzene rings is 1. The summed E-state index contributed by atoms with van der Waals surface area (Å²) < 4.78 is 0. The SMILES string of the molecule is [CH2]c1ccc(-c2cccnc2N)cc1. The van der Waals surface area contributed by atoms with Crippen molar-refractivity contribution >= 4 is 5.82 Å². The molecule has 0 saturated carbocycles. The Morgan fingerprint density at radius 1 is 1.07 bits per heavy atom. The van der Waals surface area contributed by atoms with Crippen LogP contribution in [0.1, 0.15) is 5.56 Å². The second kappa shape index (κ2) is 3.50. The molecule has 0 saturated heterocycles. The van der Waals surface area contributed by atoms with Gasteiger partial charge in [-0.1, -0.05) is 24.3 Å². The molecule has 0 aliphatic heterocycles. The highest BCUT2D eigenvalue weighted by molar-refractivity contribution is 5.73. The topological polar surface area (TPSA) is 38.9 Å². The number of nitrogens with zero attached hydrogens (tertiary/aromatic N) is 1. The van der Waals surface area contributed by atoms with E-state index in [-0.39, 0.29) is 0 Å². The van der Waals surface area contributed by atoms with E-state index < -0.39 is 0 Å². The molecule has 2 N–H and O–H groups in total. The lowest BCUT2D eigenvalue weighted by atomic mass is 10.1. The molecule has 0 amide bonds.